The zero-order valence-electron chi connectivity index (χ0n) is 5.71. The molecule has 0 radical (unpaired) electrons. The van der Waals surface area contributed by atoms with Crippen molar-refractivity contribution in [1.82, 2.24) is 10.9 Å². The number of esters is 1. The molecule has 0 aliphatic heterocycles. The number of carbonyl (C=O) groups excluding carboxylic acids is 3. The van der Waals surface area contributed by atoms with Crippen molar-refractivity contribution < 1.29 is 19.1 Å². The molecule has 0 saturated heterocycles. The van der Waals surface area contributed by atoms with Crippen molar-refractivity contribution >= 4 is 17.9 Å². The maximum atomic E-state index is 10.4. The minimum Gasteiger partial charge on any atom is -0.462 e. The predicted octanol–water partition coefficient (Wildman–Crippen LogP) is -2.14. The SMILES string of the molecule is COC(=O)C(=O)NNC(N)=O. The fourth-order valence-electron chi connectivity index (χ4n) is 0.262. The first-order valence-corrected chi connectivity index (χ1v) is 2.51. The third kappa shape index (κ3) is 3.73. The lowest BCUT2D eigenvalue weighted by molar-refractivity contribution is -0.153. The summed E-state index contributed by atoms with van der Waals surface area (Å²) >= 11 is 0. The first-order valence-electron chi connectivity index (χ1n) is 2.51. The minimum atomic E-state index is -1.11. The number of ether oxygens (including phenoxy) is 1. The second kappa shape index (κ2) is 4.09. The Morgan fingerprint density at radius 1 is 1.27 bits per heavy atom. The van der Waals surface area contributed by atoms with Crippen LogP contribution in [0.3, 0.4) is 0 Å². The lowest BCUT2D eigenvalue weighted by atomic mass is 10.6. The topological polar surface area (TPSA) is 111 Å². The van der Waals surface area contributed by atoms with Crippen LogP contribution in [0.1, 0.15) is 0 Å². The van der Waals surface area contributed by atoms with E-state index >= 15 is 0 Å². The number of carbonyl (C=O) groups is 3. The summed E-state index contributed by atoms with van der Waals surface area (Å²) < 4.78 is 4.00. The van der Waals surface area contributed by atoms with Gasteiger partial charge in [0.2, 0.25) is 0 Å². The molecule has 0 aliphatic carbocycles. The average Bonchev–Trinajstić information content (AvgIpc) is 1.98. The standard InChI is InChI=1S/C4H7N3O4/c1-11-3(9)2(8)6-7-4(5)10/h1H3,(H,6,8)(H3,5,7,10). The number of hydrogen-bond donors (Lipinski definition) is 3. The third-order valence-corrected chi connectivity index (χ3v) is 0.670. The summed E-state index contributed by atoms with van der Waals surface area (Å²) in [4.78, 5) is 30.7. The largest absolute Gasteiger partial charge is 0.462 e. The van der Waals surface area contributed by atoms with Crippen LogP contribution in [-0.4, -0.2) is 25.0 Å². The molecule has 7 heteroatoms. The van der Waals surface area contributed by atoms with E-state index in [9.17, 15) is 14.4 Å². The van der Waals surface area contributed by atoms with E-state index < -0.39 is 17.9 Å². The molecule has 0 rings (SSSR count). The van der Waals surface area contributed by atoms with E-state index in [0.717, 1.165) is 7.11 Å². The van der Waals surface area contributed by atoms with Crippen molar-refractivity contribution in [3.63, 3.8) is 0 Å². The van der Waals surface area contributed by atoms with E-state index in [-0.39, 0.29) is 0 Å². The van der Waals surface area contributed by atoms with Crippen molar-refractivity contribution in [3.05, 3.63) is 0 Å². The van der Waals surface area contributed by atoms with Crippen LogP contribution in [0.4, 0.5) is 4.79 Å². The molecule has 0 bridgehead atoms. The highest BCUT2D eigenvalue weighted by molar-refractivity contribution is 6.32. The van der Waals surface area contributed by atoms with Crippen LogP contribution in [0.5, 0.6) is 0 Å². The van der Waals surface area contributed by atoms with Gasteiger partial charge in [-0.3, -0.25) is 10.2 Å². The van der Waals surface area contributed by atoms with Gasteiger partial charge in [0.1, 0.15) is 0 Å². The van der Waals surface area contributed by atoms with E-state index in [1.165, 1.54) is 0 Å². The molecular weight excluding hydrogens is 154 g/mol. The number of rotatable bonds is 0. The Morgan fingerprint density at radius 3 is 2.18 bits per heavy atom. The number of primary amides is 1. The minimum absolute atomic E-state index is 0.970. The molecule has 0 saturated carbocycles. The molecule has 0 aromatic heterocycles. The van der Waals surface area contributed by atoms with Crippen molar-refractivity contribution in [2.45, 2.75) is 0 Å². The number of amides is 3. The first-order chi connectivity index (χ1) is 5.07. The van der Waals surface area contributed by atoms with Crippen molar-refractivity contribution in [1.29, 1.82) is 0 Å². The molecule has 0 aliphatic rings. The molecule has 11 heavy (non-hydrogen) atoms. The molecule has 0 fully saturated rings. The number of nitrogens with two attached hydrogens (primary N) is 1. The summed E-state index contributed by atoms with van der Waals surface area (Å²) in [6, 6.07) is -0.970. The van der Waals surface area contributed by atoms with Gasteiger partial charge in [0.25, 0.3) is 0 Å². The first kappa shape index (κ1) is 9.21. The third-order valence-electron chi connectivity index (χ3n) is 0.670. The second-order valence-electron chi connectivity index (χ2n) is 1.43. The van der Waals surface area contributed by atoms with Crippen molar-refractivity contribution in [2.75, 3.05) is 7.11 Å². The van der Waals surface area contributed by atoms with Crippen molar-refractivity contribution in [3.8, 4) is 0 Å². The molecule has 62 valence electrons. The Balaban J connectivity index is 3.70. The summed E-state index contributed by atoms with van der Waals surface area (Å²) in [5.74, 6) is -2.20. The zero-order valence-corrected chi connectivity index (χ0v) is 5.71. The molecule has 0 atom stereocenters. The van der Waals surface area contributed by atoms with Gasteiger partial charge in [-0.1, -0.05) is 0 Å². The molecule has 3 amide bonds. The quantitative estimate of drug-likeness (QED) is 0.214. The Morgan fingerprint density at radius 2 is 1.82 bits per heavy atom. The fraction of sp³-hybridized carbons (Fsp3) is 0.250. The summed E-state index contributed by atoms with van der Waals surface area (Å²) in [5.41, 5.74) is 7.96. The van der Waals surface area contributed by atoms with Crippen LogP contribution in [0.25, 0.3) is 0 Å². The van der Waals surface area contributed by atoms with E-state index in [4.69, 9.17) is 0 Å². The number of hydrazine groups is 1. The van der Waals surface area contributed by atoms with Crippen LogP contribution < -0.4 is 16.6 Å². The maximum absolute atomic E-state index is 10.4. The van der Waals surface area contributed by atoms with Gasteiger partial charge in [0.15, 0.2) is 0 Å². The van der Waals surface area contributed by atoms with Gasteiger partial charge >= 0.3 is 17.9 Å². The van der Waals surface area contributed by atoms with Crippen LogP contribution in [0.2, 0.25) is 0 Å². The Hall–Kier alpha value is -1.79. The smallest absolute Gasteiger partial charge is 0.398 e. The molecule has 7 nitrogen and oxygen atoms in total. The molecular formula is C4H7N3O4. The lowest BCUT2D eigenvalue weighted by Crippen LogP contribution is -2.47. The Kier molecular flexibility index (Phi) is 3.43. The van der Waals surface area contributed by atoms with Gasteiger partial charge < -0.3 is 10.5 Å². The van der Waals surface area contributed by atoms with Gasteiger partial charge in [0.05, 0.1) is 7.11 Å². The van der Waals surface area contributed by atoms with Gasteiger partial charge in [-0.15, -0.1) is 0 Å². The summed E-state index contributed by atoms with van der Waals surface area (Å²) in [7, 11) is 1.03. The van der Waals surface area contributed by atoms with Crippen LogP contribution in [0, 0.1) is 0 Å². The Bertz CT molecular complexity index is 190. The maximum Gasteiger partial charge on any atom is 0.398 e. The lowest BCUT2D eigenvalue weighted by Gasteiger charge is -2.01. The number of urea groups is 1. The highest BCUT2D eigenvalue weighted by Gasteiger charge is 2.12. The molecule has 0 aromatic carbocycles. The average molecular weight is 161 g/mol. The molecule has 0 aromatic rings. The monoisotopic (exact) mass is 161 g/mol. The van der Waals surface area contributed by atoms with E-state index in [0.29, 0.717) is 0 Å². The van der Waals surface area contributed by atoms with Crippen LogP contribution in [0.15, 0.2) is 0 Å². The Labute approximate surface area is 61.8 Å². The van der Waals surface area contributed by atoms with E-state index in [1.807, 2.05) is 0 Å². The molecule has 0 spiro atoms. The predicted molar refractivity (Wildman–Crippen MR) is 32.9 cm³/mol. The zero-order chi connectivity index (χ0) is 8.85. The van der Waals surface area contributed by atoms with E-state index in [1.54, 1.807) is 10.9 Å². The van der Waals surface area contributed by atoms with Gasteiger partial charge in [0, 0.05) is 0 Å². The second-order valence-corrected chi connectivity index (χ2v) is 1.43. The van der Waals surface area contributed by atoms with Gasteiger partial charge in [-0.25, -0.2) is 15.0 Å². The normalized spacial score (nSPS) is 8.09. The highest BCUT2D eigenvalue weighted by atomic mass is 16.5. The number of nitrogens with one attached hydrogen (secondary N) is 2. The summed E-state index contributed by atoms with van der Waals surface area (Å²) in [5, 5.41) is 0. The molecule has 0 unspecified atom stereocenters. The van der Waals surface area contributed by atoms with Gasteiger partial charge in [-0.05, 0) is 0 Å². The summed E-state index contributed by atoms with van der Waals surface area (Å²) in [6.45, 7) is 0. The summed E-state index contributed by atoms with van der Waals surface area (Å²) in [6.07, 6.45) is 0. The van der Waals surface area contributed by atoms with E-state index in [2.05, 4.69) is 10.5 Å². The number of methoxy groups -OCH3 is 1. The number of hydrogen-bond acceptors (Lipinski definition) is 4. The van der Waals surface area contributed by atoms with Crippen LogP contribution in [-0.2, 0) is 14.3 Å². The molecule has 4 N–H and O–H groups in total. The molecule has 0 heterocycles. The van der Waals surface area contributed by atoms with Crippen LogP contribution >= 0.6 is 0 Å². The highest BCUT2D eigenvalue weighted by Crippen LogP contribution is 1.70. The fourth-order valence-corrected chi connectivity index (χ4v) is 0.262. The van der Waals surface area contributed by atoms with Crippen molar-refractivity contribution in [2.24, 2.45) is 5.73 Å². The van der Waals surface area contributed by atoms with Gasteiger partial charge in [-0.2, -0.15) is 0 Å².